The molecular formula is C30H35Cl2N3O5S. The predicted molar refractivity (Wildman–Crippen MR) is 163 cm³/mol. The standard InChI is InChI=1S/C30H35Cl2N3O5S/c1-6-21(3)33-30(37)22(4)34(18-23-9-11-27(40-5)12-10-23)29(36)19-35(26-16-24(31)15-25(32)17-26)41(38,39)28-13-7-20(2)8-14-28/h7-17,21-22H,6,18-19H2,1-5H3,(H,33,37)/t21-,22+/m1/s1. The van der Waals surface area contributed by atoms with Gasteiger partial charge in [-0.15, -0.1) is 0 Å². The zero-order valence-electron chi connectivity index (χ0n) is 23.7. The Morgan fingerprint density at radius 2 is 1.54 bits per heavy atom. The van der Waals surface area contributed by atoms with E-state index in [0.29, 0.717) is 12.2 Å². The lowest BCUT2D eigenvalue weighted by Crippen LogP contribution is -2.52. The second-order valence-electron chi connectivity index (χ2n) is 9.82. The van der Waals surface area contributed by atoms with Crippen LogP contribution < -0.4 is 14.4 Å². The summed E-state index contributed by atoms with van der Waals surface area (Å²) in [6.07, 6.45) is 0.711. The normalized spacial score (nSPS) is 12.8. The number of rotatable bonds is 12. The molecule has 2 atom stereocenters. The third kappa shape index (κ3) is 8.38. The molecule has 0 aliphatic carbocycles. The molecule has 0 saturated carbocycles. The molecule has 0 bridgehead atoms. The van der Waals surface area contributed by atoms with Crippen molar-refractivity contribution in [1.82, 2.24) is 10.2 Å². The van der Waals surface area contributed by atoms with Gasteiger partial charge in [-0.25, -0.2) is 8.42 Å². The summed E-state index contributed by atoms with van der Waals surface area (Å²) >= 11 is 12.5. The molecule has 41 heavy (non-hydrogen) atoms. The number of benzene rings is 3. The minimum atomic E-state index is -4.23. The third-order valence-corrected chi connectivity index (χ3v) is 8.93. The highest BCUT2D eigenvalue weighted by atomic mass is 35.5. The molecule has 3 rings (SSSR count). The minimum absolute atomic E-state index is 0.00346. The van der Waals surface area contributed by atoms with Gasteiger partial charge in [0.25, 0.3) is 10.0 Å². The molecule has 0 radical (unpaired) electrons. The van der Waals surface area contributed by atoms with E-state index in [2.05, 4.69) is 5.32 Å². The maximum absolute atomic E-state index is 14.0. The zero-order valence-corrected chi connectivity index (χ0v) is 26.1. The molecule has 11 heteroatoms. The highest BCUT2D eigenvalue weighted by Gasteiger charge is 2.33. The van der Waals surface area contributed by atoms with E-state index in [0.717, 1.165) is 15.4 Å². The fourth-order valence-corrected chi connectivity index (χ4v) is 5.94. The second-order valence-corrected chi connectivity index (χ2v) is 12.6. The summed E-state index contributed by atoms with van der Waals surface area (Å²) in [4.78, 5) is 28.5. The Morgan fingerprint density at radius 1 is 0.951 bits per heavy atom. The Bertz CT molecular complexity index is 1440. The summed E-state index contributed by atoms with van der Waals surface area (Å²) in [6.45, 7) is 6.75. The van der Waals surface area contributed by atoms with Crippen LogP contribution in [0.1, 0.15) is 38.3 Å². The number of anilines is 1. The molecule has 2 amide bonds. The molecule has 8 nitrogen and oxygen atoms in total. The SMILES string of the molecule is CC[C@@H](C)NC(=O)[C@H](C)N(Cc1ccc(OC)cc1)C(=O)CN(c1cc(Cl)cc(Cl)c1)S(=O)(=O)c1ccc(C)cc1. The van der Waals surface area contributed by atoms with Crippen LogP contribution in [0.3, 0.4) is 0 Å². The smallest absolute Gasteiger partial charge is 0.264 e. The number of ether oxygens (including phenoxy) is 1. The molecule has 0 spiro atoms. The lowest BCUT2D eigenvalue weighted by atomic mass is 10.1. The molecule has 0 aliphatic rings. The number of amides is 2. The summed E-state index contributed by atoms with van der Waals surface area (Å²) < 4.78 is 34.0. The Morgan fingerprint density at radius 3 is 2.07 bits per heavy atom. The quantitative estimate of drug-likeness (QED) is 0.275. The van der Waals surface area contributed by atoms with E-state index < -0.39 is 28.5 Å². The van der Waals surface area contributed by atoms with Crippen LogP contribution in [0.25, 0.3) is 0 Å². The van der Waals surface area contributed by atoms with E-state index in [1.165, 1.54) is 35.2 Å². The topological polar surface area (TPSA) is 96.0 Å². The van der Waals surface area contributed by atoms with Crippen LogP contribution in [0.5, 0.6) is 5.75 Å². The monoisotopic (exact) mass is 619 g/mol. The number of hydrogen-bond donors (Lipinski definition) is 1. The molecule has 220 valence electrons. The minimum Gasteiger partial charge on any atom is -0.497 e. The average molecular weight is 621 g/mol. The van der Waals surface area contributed by atoms with Gasteiger partial charge in [0.1, 0.15) is 18.3 Å². The van der Waals surface area contributed by atoms with Crippen molar-refractivity contribution < 1.29 is 22.7 Å². The fourth-order valence-electron chi connectivity index (χ4n) is 4.03. The van der Waals surface area contributed by atoms with Crippen molar-refractivity contribution in [2.75, 3.05) is 18.0 Å². The first-order chi connectivity index (χ1) is 19.3. The lowest BCUT2D eigenvalue weighted by molar-refractivity contribution is -0.139. The summed E-state index contributed by atoms with van der Waals surface area (Å²) in [5, 5.41) is 3.33. The number of nitrogens with one attached hydrogen (secondary N) is 1. The van der Waals surface area contributed by atoms with E-state index in [4.69, 9.17) is 27.9 Å². The Hall–Kier alpha value is -3.27. The first-order valence-electron chi connectivity index (χ1n) is 13.1. The molecule has 0 aromatic heterocycles. The van der Waals surface area contributed by atoms with Crippen molar-refractivity contribution in [2.24, 2.45) is 0 Å². The maximum Gasteiger partial charge on any atom is 0.264 e. The molecular weight excluding hydrogens is 585 g/mol. The van der Waals surface area contributed by atoms with Gasteiger partial charge >= 0.3 is 0 Å². The van der Waals surface area contributed by atoms with Crippen LogP contribution in [0.15, 0.2) is 71.6 Å². The Kier molecular flexibility index (Phi) is 11.1. The van der Waals surface area contributed by atoms with Crippen LogP contribution in [0, 0.1) is 6.92 Å². The van der Waals surface area contributed by atoms with Crippen molar-refractivity contribution in [2.45, 2.75) is 57.6 Å². The van der Waals surface area contributed by atoms with Gasteiger partial charge < -0.3 is 15.0 Å². The Labute approximate surface area is 252 Å². The van der Waals surface area contributed by atoms with Gasteiger partial charge in [0, 0.05) is 22.6 Å². The van der Waals surface area contributed by atoms with Gasteiger partial charge in [-0.2, -0.15) is 0 Å². The largest absolute Gasteiger partial charge is 0.497 e. The van der Waals surface area contributed by atoms with Crippen LogP contribution in [-0.4, -0.2) is 50.9 Å². The van der Waals surface area contributed by atoms with Gasteiger partial charge in [-0.1, -0.05) is 60.0 Å². The first kappa shape index (κ1) is 32.2. The number of nitrogens with zero attached hydrogens (tertiary/aromatic N) is 2. The highest BCUT2D eigenvalue weighted by molar-refractivity contribution is 7.92. The number of methoxy groups -OCH3 is 1. The summed E-state index contributed by atoms with van der Waals surface area (Å²) in [6, 6.07) is 16.7. The van der Waals surface area contributed by atoms with E-state index in [9.17, 15) is 18.0 Å². The van der Waals surface area contributed by atoms with Crippen LogP contribution in [0.2, 0.25) is 10.0 Å². The summed E-state index contributed by atoms with van der Waals surface area (Å²) in [7, 11) is -2.68. The van der Waals surface area contributed by atoms with Crippen molar-refractivity contribution in [3.05, 3.63) is 87.9 Å². The highest BCUT2D eigenvalue weighted by Crippen LogP contribution is 2.30. The van der Waals surface area contributed by atoms with Crippen molar-refractivity contribution in [1.29, 1.82) is 0 Å². The van der Waals surface area contributed by atoms with Gasteiger partial charge in [0.05, 0.1) is 17.7 Å². The molecule has 3 aromatic rings. The molecule has 0 aliphatic heterocycles. The lowest BCUT2D eigenvalue weighted by Gasteiger charge is -2.32. The second kappa shape index (κ2) is 14.1. The van der Waals surface area contributed by atoms with Crippen molar-refractivity contribution in [3.8, 4) is 5.75 Å². The van der Waals surface area contributed by atoms with Crippen molar-refractivity contribution in [3.63, 3.8) is 0 Å². The molecule has 1 N–H and O–H groups in total. The number of sulfonamides is 1. The third-order valence-electron chi connectivity index (χ3n) is 6.70. The van der Waals surface area contributed by atoms with E-state index >= 15 is 0 Å². The number of hydrogen-bond acceptors (Lipinski definition) is 5. The summed E-state index contributed by atoms with van der Waals surface area (Å²) in [5.41, 5.74) is 1.74. The average Bonchev–Trinajstić information content (AvgIpc) is 2.93. The van der Waals surface area contributed by atoms with Gasteiger partial charge in [-0.3, -0.25) is 13.9 Å². The van der Waals surface area contributed by atoms with Crippen LogP contribution in [0.4, 0.5) is 5.69 Å². The van der Waals surface area contributed by atoms with Gasteiger partial charge in [0.2, 0.25) is 11.8 Å². The number of aryl methyl sites for hydroxylation is 1. The molecule has 0 unspecified atom stereocenters. The fraction of sp³-hybridized carbons (Fsp3) is 0.333. The molecule has 0 saturated heterocycles. The Balaban J connectivity index is 2.05. The van der Waals surface area contributed by atoms with Crippen LogP contribution >= 0.6 is 23.2 Å². The molecule has 0 fully saturated rings. The number of carbonyl (C=O) groups is 2. The number of carbonyl (C=O) groups excluding carboxylic acids is 2. The van der Waals surface area contributed by atoms with E-state index in [1.54, 1.807) is 50.4 Å². The van der Waals surface area contributed by atoms with E-state index in [-0.39, 0.29) is 39.1 Å². The maximum atomic E-state index is 14.0. The molecule has 0 heterocycles. The zero-order chi connectivity index (χ0) is 30.3. The van der Waals surface area contributed by atoms with Crippen molar-refractivity contribution >= 4 is 50.7 Å². The molecule has 3 aromatic carbocycles. The van der Waals surface area contributed by atoms with Gasteiger partial charge in [0.15, 0.2) is 0 Å². The van der Waals surface area contributed by atoms with Crippen LogP contribution in [-0.2, 0) is 26.2 Å². The van der Waals surface area contributed by atoms with E-state index in [1.807, 2.05) is 20.8 Å². The summed E-state index contributed by atoms with van der Waals surface area (Å²) in [5.74, 6) is -0.290. The number of halogens is 2. The van der Waals surface area contributed by atoms with Gasteiger partial charge in [-0.05, 0) is 75.2 Å². The predicted octanol–water partition coefficient (Wildman–Crippen LogP) is 5.84. The first-order valence-corrected chi connectivity index (χ1v) is 15.3.